The van der Waals surface area contributed by atoms with Gasteiger partial charge in [0.05, 0.1) is 0 Å². The second kappa shape index (κ2) is 7.96. The van der Waals surface area contributed by atoms with Gasteiger partial charge in [0.15, 0.2) is 0 Å². The van der Waals surface area contributed by atoms with E-state index in [2.05, 4.69) is 21.3 Å². The molecule has 2 aromatic rings. The van der Waals surface area contributed by atoms with Gasteiger partial charge >= 0.3 is 6.03 Å². The Morgan fingerprint density at radius 2 is 2.05 bits per heavy atom. The first-order valence-electron chi connectivity index (χ1n) is 6.92. The van der Waals surface area contributed by atoms with Crippen molar-refractivity contribution in [3.8, 4) is 5.88 Å². The maximum Gasteiger partial charge on any atom is 0.334 e. The number of nitrogens with two attached hydrogens (primary N) is 1. The van der Waals surface area contributed by atoms with Crippen LogP contribution in [0.3, 0.4) is 0 Å². The number of urea groups is 1. The molecule has 0 spiro atoms. The van der Waals surface area contributed by atoms with Crippen molar-refractivity contribution in [2.24, 2.45) is 5.84 Å². The molecule has 0 aliphatic carbocycles. The van der Waals surface area contributed by atoms with Gasteiger partial charge in [-0.25, -0.2) is 9.78 Å². The standard InChI is InChI=1S/C15H19N5O2/c1-2-12-7-5-9-14(17-12)22-10-11-6-3-4-8-13(11)18-15(21)19-20-16/h3-9,20H,2,10,16H2,1H3,(H2,18,19,21). The summed E-state index contributed by atoms with van der Waals surface area (Å²) in [7, 11) is 0. The van der Waals surface area contributed by atoms with Crippen LogP contribution in [0.15, 0.2) is 42.5 Å². The Bertz CT molecular complexity index is 633. The predicted octanol–water partition coefficient (Wildman–Crippen LogP) is 1.72. The lowest BCUT2D eigenvalue weighted by atomic mass is 10.2. The summed E-state index contributed by atoms with van der Waals surface area (Å²) in [6, 6.07) is 12.6. The molecular weight excluding hydrogens is 282 g/mol. The van der Waals surface area contributed by atoms with Gasteiger partial charge in [-0.3, -0.25) is 11.3 Å². The van der Waals surface area contributed by atoms with Crippen LogP contribution in [0.25, 0.3) is 0 Å². The van der Waals surface area contributed by atoms with E-state index >= 15 is 0 Å². The van der Waals surface area contributed by atoms with Gasteiger partial charge in [0.25, 0.3) is 0 Å². The number of benzene rings is 1. The van der Waals surface area contributed by atoms with Crippen LogP contribution in [-0.2, 0) is 13.0 Å². The molecule has 0 unspecified atom stereocenters. The number of nitrogens with one attached hydrogen (secondary N) is 3. The lowest BCUT2D eigenvalue weighted by Gasteiger charge is -2.12. The van der Waals surface area contributed by atoms with Gasteiger partial charge in [-0.15, -0.1) is 0 Å². The molecular formula is C15H19N5O2. The number of rotatable bonds is 6. The highest BCUT2D eigenvalue weighted by molar-refractivity contribution is 5.89. The summed E-state index contributed by atoms with van der Waals surface area (Å²) in [6.07, 6.45) is 0.849. The molecule has 7 nitrogen and oxygen atoms in total. The molecule has 0 radical (unpaired) electrons. The number of para-hydroxylation sites is 1. The van der Waals surface area contributed by atoms with Gasteiger partial charge < -0.3 is 10.1 Å². The maximum absolute atomic E-state index is 11.5. The molecule has 5 N–H and O–H groups in total. The van der Waals surface area contributed by atoms with Gasteiger partial charge in [-0.05, 0) is 18.6 Å². The topological polar surface area (TPSA) is 101 Å². The zero-order chi connectivity index (χ0) is 15.8. The second-order valence-corrected chi connectivity index (χ2v) is 4.49. The molecule has 0 aliphatic rings. The number of pyridine rings is 1. The number of aryl methyl sites for hydroxylation is 1. The van der Waals surface area contributed by atoms with Crippen LogP contribution in [0.5, 0.6) is 5.88 Å². The van der Waals surface area contributed by atoms with Gasteiger partial charge in [0.2, 0.25) is 5.88 Å². The lowest BCUT2D eigenvalue weighted by molar-refractivity contribution is 0.248. The van der Waals surface area contributed by atoms with E-state index in [0.29, 0.717) is 18.2 Å². The minimum absolute atomic E-state index is 0.298. The van der Waals surface area contributed by atoms with Crippen LogP contribution in [0.1, 0.15) is 18.2 Å². The molecule has 0 bridgehead atoms. The number of amides is 2. The minimum atomic E-state index is -0.457. The van der Waals surface area contributed by atoms with E-state index in [4.69, 9.17) is 10.6 Å². The molecule has 0 aliphatic heterocycles. The van der Waals surface area contributed by atoms with Crippen molar-refractivity contribution < 1.29 is 9.53 Å². The molecule has 1 aromatic carbocycles. The number of hydrogen-bond acceptors (Lipinski definition) is 5. The number of hydrogen-bond donors (Lipinski definition) is 4. The third-order valence-corrected chi connectivity index (χ3v) is 2.97. The quantitative estimate of drug-likeness (QED) is 0.481. The largest absolute Gasteiger partial charge is 0.473 e. The molecule has 0 saturated carbocycles. The average Bonchev–Trinajstić information content (AvgIpc) is 2.54. The Morgan fingerprint density at radius 1 is 1.23 bits per heavy atom. The summed E-state index contributed by atoms with van der Waals surface area (Å²) in [5, 5.41) is 2.68. The van der Waals surface area contributed by atoms with Crippen LogP contribution in [0.2, 0.25) is 0 Å². The molecule has 1 heterocycles. The summed E-state index contributed by atoms with van der Waals surface area (Å²) in [6.45, 7) is 2.34. The van der Waals surface area contributed by atoms with E-state index in [1.807, 2.05) is 37.3 Å². The number of anilines is 1. The molecule has 22 heavy (non-hydrogen) atoms. The third kappa shape index (κ3) is 4.44. The minimum Gasteiger partial charge on any atom is -0.473 e. The highest BCUT2D eigenvalue weighted by Gasteiger charge is 2.07. The third-order valence-electron chi connectivity index (χ3n) is 2.97. The van der Waals surface area contributed by atoms with E-state index < -0.39 is 6.03 Å². The van der Waals surface area contributed by atoms with Gasteiger partial charge in [0.1, 0.15) is 6.61 Å². The first-order valence-corrected chi connectivity index (χ1v) is 6.92. The van der Waals surface area contributed by atoms with E-state index in [1.165, 1.54) is 0 Å². The Kier molecular flexibility index (Phi) is 5.70. The summed E-state index contributed by atoms with van der Waals surface area (Å²) in [4.78, 5) is 15.9. The smallest absolute Gasteiger partial charge is 0.334 e. The number of hydrazine groups is 2. The van der Waals surface area contributed by atoms with Crippen LogP contribution in [0.4, 0.5) is 10.5 Å². The second-order valence-electron chi connectivity index (χ2n) is 4.49. The maximum atomic E-state index is 11.5. The zero-order valence-corrected chi connectivity index (χ0v) is 12.3. The fraction of sp³-hybridized carbons (Fsp3) is 0.200. The molecule has 7 heteroatoms. The van der Waals surface area contributed by atoms with E-state index in [0.717, 1.165) is 17.7 Å². The van der Waals surface area contributed by atoms with Gasteiger partial charge in [-0.1, -0.05) is 31.2 Å². The van der Waals surface area contributed by atoms with Crippen molar-refractivity contribution in [2.75, 3.05) is 5.32 Å². The summed E-state index contributed by atoms with van der Waals surface area (Å²) >= 11 is 0. The molecule has 0 atom stereocenters. The van der Waals surface area contributed by atoms with Crippen molar-refractivity contribution in [1.82, 2.24) is 15.9 Å². The Hall–Kier alpha value is -2.64. The van der Waals surface area contributed by atoms with Crippen LogP contribution < -0.4 is 26.9 Å². The number of nitrogens with zero attached hydrogens (tertiary/aromatic N) is 1. The summed E-state index contributed by atoms with van der Waals surface area (Å²) in [5.41, 5.74) is 6.75. The average molecular weight is 301 g/mol. The van der Waals surface area contributed by atoms with Crippen LogP contribution >= 0.6 is 0 Å². The highest BCUT2D eigenvalue weighted by atomic mass is 16.5. The van der Waals surface area contributed by atoms with Crippen molar-refractivity contribution in [3.63, 3.8) is 0 Å². The van der Waals surface area contributed by atoms with E-state index in [9.17, 15) is 4.79 Å². The van der Waals surface area contributed by atoms with Crippen LogP contribution in [-0.4, -0.2) is 11.0 Å². The predicted molar refractivity (Wildman–Crippen MR) is 83.9 cm³/mol. The molecule has 2 amide bonds. The Balaban J connectivity index is 2.04. The summed E-state index contributed by atoms with van der Waals surface area (Å²) < 4.78 is 5.69. The number of aromatic nitrogens is 1. The van der Waals surface area contributed by atoms with Gasteiger partial charge in [-0.2, -0.15) is 5.53 Å². The Morgan fingerprint density at radius 3 is 2.82 bits per heavy atom. The van der Waals surface area contributed by atoms with Crippen LogP contribution in [0, 0.1) is 0 Å². The first kappa shape index (κ1) is 15.7. The fourth-order valence-electron chi connectivity index (χ4n) is 1.87. The highest BCUT2D eigenvalue weighted by Crippen LogP contribution is 2.17. The monoisotopic (exact) mass is 301 g/mol. The lowest BCUT2D eigenvalue weighted by Crippen LogP contribution is -2.44. The molecule has 2 rings (SSSR count). The number of ether oxygens (including phenoxy) is 1. The van der Waals surface area contributed by atoms with Crippen molar-refractivity contribution in [1.29, 1.82) is 0 Å². The zero-order valence-electron chi connectivity index (χ0n) is 12.3. The fourth-order valence-corrected chi connectivity index (χ4v) is 1.87. The SMILES string of the molecule is CCc1cccc(OCc2ccccc2NC(=O)NNN)n1. The molecule has 0 fully saturated rings. The molecule has 0 saturated heterocycles. The molecule has 1 aromatic heterocycles. The van der Waals surface area contributed by atoms with E-state index in [-0.39, 0.29) is 0 Å². The van der Waals surface area contributed by atoms with Crippen molar-refractivity contribution in [3.05, 3.63) is 53.7 Å². The normalized spacial score (nSPS) is 10.1. The molecule has 116 valence electrons. The first-order chi connectivity index (χ1) is 10.7. The van der Waals surface area contributed by atoms with E-state index in [1.54, 1.807) is 12.1 Å². The number of carbonyl (C=O) groups is 1. The summed E-state index contributed by atoms with van der Waals surface area (Å²) in [5.74, 6) is 5.59. The van der Waals surface area contributed by atoms with Crippen molar-refractivity contribution >= 4 is 11.7 Å². The van der Waals surface area contributed by atoms with Gasteiger partial charge in [0, 0.05) is 23.0 Å². The van der Waals surface area contributed by atoms with Crippen molar-refractivity contribution in [2.45, 2.75) is 20.0 Å². The Labute approximate surface area is 128 Å². The number of carbonyl (C=O) groups excluding carboxylic acids is 1.